The first-order valence-electron chi connectivity index (χ1n) is 6.96. The smallest absolute Gasteiger partial charge is 0.253 e. The Balaban J connectivity index is 2.02. The number of rotatable bonds is 7. The average molecular weight is 310 g/mol. The van der Waals surface area contributed by atoms with Crippen molar-refractivity contribution < 1.29 is 9.15 Å². The van der Waals surface area contributed by atoms with Gasteiger partial charge in [-0.15, -0.1) is 10.2 Å². The minimum absolute atomic E-state index is 0.234. The summed E-state index contributed by atoms with van der Waals surface area (Å²) >= 11 is 6.26. The molecule has 2 rings (SSSR count). The Morgan fingerprint density at radius 2 is 2.14 bits per heavy atom. The normalized spacial score (nSPS) is 11.1. The van der Waals surface area contributed by atoms with E-state index in [4.69, 9.17) is 20.8 Å². The number of nitrogens with zero attached hydrogens (tertiary/aromatic N) is 2. The lowest BCUT2D eigenvalue weighted by Gasteiger charge is -2.13. The van der Waals surface area contributed by atoms with E-state index in [0.29, 0.717) is 29.3 Å². The molecule has 21 heavy (non-hydrogen) atoms. The highest BCUT2D eigenvalue weighted by molar-refractivity contribution is 6.31. The van der Waals surface area contributed by atoms with Gasteiger partial charge in [-0.05, 0) is 24.6 Å². The van der Waals surface area contributed by atoms with Gasteiger partial charge in [-0.25, -0.2) is 0 Å². The van der Waals surface area contributed by atoms with Crippen LogP contribution in [-0.4, -0.2) is 16.7 Å². The third-order valence-corrected chi connectivity index (χ3v) is 3.20. The number of ether oxygens (including phenoxy) is 1. The number of hydrogen-bond donors (Lipinski definition) is 1. The summed E-state index contributed by atoms with van der Waals surface area (Å²) < 4.78 is 11.0. The van der Waals surface area contributed by atoms with Gasteiger partial charge in [0.05, 0.1) is 0 Å². The van der Waals surface area contributed by atoms with Gasteiger partial charge in [0.15, 0.2) is 6.61 Å². The summed E-state index contributed by atoms with van der Waals surface area (Å²) in [6.45, 7) is 7.89. The van der Waals surface area contributed by atoms with E-state index in [0.717, 1.165) is 17.9 Å². The molecule has 1 aromatic heterocycles. The fraction of sp³-hybridized carbons (Fsp3) is 0.467. The second-order valence-electron chi connectivity index (χ2n) is 5.24. The highest BCUT2D eigenvalue weighted by atomic mass is 35.5. The third kappa shape index (κ3) is 4.72. The van der Waals surface area contributed by atoms with Crippen LogP contribution in [0.1, 0.15) is 31.2 Å². The first kappa shape index (κ1) is 15.8. The molecule has 0 saturated heterocycles. The summed E-state index contributed by atoms with van der Waals surface area (Å²) in [5, 5.41) is 11.7. The molecule has 0 aliphatic carbocycles. The standard InChI is InChI=1S/C15H20ClN3O2/c1-10(2)7-17-8-12-13(16)5-4-6-14(12)20-9-15-19-18-11(3)21-15/h4-6,10,17H,7-9H2,1-3H3. The van der Waals surface area contributed by atoms with E-state index in [-0.39, 0.29) is 6.61 Å². The Bertz CT molecular complexity index is 584. The molecule has 6 heteroatoms. The summed E-state index contributed by atoms with van der Waals surface area (Å²) in [5.74, 6) is 2.29. The molecule has 114 valence electrons. The van der Waals surface area contributed by atoms with Crippen molar-refractivity contribution in [3.8, 4) is 5.75 Å². The van der Waals surface area contributed by atoms with Crippen molar-refractivity contribution in [1.29, 1.82) is 0 Å². The molecule has 0 aliphatic heterocycles. The maximum Gasteiger partial charge on any atom is 0.253 e. The van der Waals surface area contributed by atoms with Crippen LogP contribution in [0.5, 0.6) is 5.75 Å². The first-order valence-corrected chi connectivity index (χ1v) is 7.34. The number of benzene rings is 1. The molecule has 0 amide bonds. The fourth-order valence-electron chi connectivity index (χ4n) is 1.87. The molecule has 0 radical (unpaired) electrons. The zero-order valence-corrected chi connectivity index (χ0v) is 13.3. The van der Waals surface area contributed by atoms with Gasteiger partial charge in [0.25, 0.3) is 5.89 Å². The molecule has 0 bridgehead atoms. The van der Waals surface area contributed by atoms with E-state index >= 15 is 0 Å². The van der Waals surface area contributed by atoms with Crippen LogP contribution in [0.3, 0.4) is 0 Å². The topological polar surface area (TPSA) is 60.2 Å². The van der Waals surface area contributed by atoms with E-state index in [1.807, 2.05) is 18.2 Å². The van der Waals surface area contributed by atoms with Crippen molar-refractivity contribution in [2.24, 2.45) is 5.92 Å². The molecule has 2 aromatic rings. The largest absolute Gasteiger partial charge is 0.483 e. The van der Waals surface area contributed by atoms with Gasteiger partial charge in [-0.1, -0.05) is 31.5 Å². The van der Waals surface area contributed by atoms with Crippen molar-refractivity contribution in [3.05, 3.63) is 40.6 Å². The van der Waals surface area contributed by atoms with Crippen molar-refractivity contribution >= 4 is 11.6 Å². The fourth-order valence-corrected chi connectivity index (χ4v) is 2.10. The SMILES string of the molecule is Cc1nnc(COc2cccc(Cl)c2CNCC(C)C)o1. The van der Waals surface area contributed by atoms with Crippen LogP contribution < -0.4 is 10.1 Å². The van der Waals surface area contributed by atoms with Crippen molar-refractivity contribution in [1.82, 2.24) is 15.5 Å². The summed E-state index contributed by atoms with van der Waals surface area (Å²) in [4.78, 5) is 0. The van der Waals surface area contributed by atoms with Crippen LogP contribution in [-0.2, 0) is 13.2 Å². The van der Waals surface area contributed by atoms with Crippen molar-refractivity contribution in [3.63, 3.8) is 0 Å². The van der Waals surface area contributed by atoms with E-state index in [1.54, 1.807) is 6.92 Å². The molecule has 0 atom stereocenters. The molecule has 0 unspecified atom stereocenters. The molecular formula is C15H20ClN3O2. The van der Waals surface area contributed by atoms with Crippen molar-refractivity contribution in [2.45, 2.75) is 33.9 Å². The van der Waals surface area contributed by atoms with Crippen LogP contribution in [0, 0.1) is 12.8 Å². The Hall–Kier alpha value is -1.59. The molecule has 0 aliphatic rings. The summed E-state index contributed by atoms with van der Waals surface area (Å²) in [6.07, 6.45) is 0. The maximum atomic E-state index is 6.26. The summed E-state index contributed by atoms with van der Waals surface area (Å²) in [6, 6.07) is 5.61. The van der Waals surface area contributed by atoms with Gasteiger partial charge in [-0.2, -0.15) is 0 Å². The second kappa shape index (κ2) is 7.43. The van der Waals surface area contributed by atoms with Gasteiger partial charge < -0.3 is 14.5 Å². The van der Waals surface area contributed by atoms with Gasteiger partial charge in [-0.3, -0.25) is 0 Å². The van der Waals surface area contributed by atoms with Crippen molar-refractivity contribution in [2.75, 3.05) is 6.54 Å². The highest BCUT2D eigenvalue weighted by Crippen LogP contribution is 2.27. The lowest BCUT2D eigenvalue weighted by Crippen LogP contribution is -2.19. The molecule has 1 heterocycles. The summed E-state index contributed by atoms with van der Waals surface area (Å²) in [5.41, 5.74) is 0.941. The minimum Gasteiger partial charge on any atom is -0.483 e. The van der Waals surface area contributed by atoms with E-state index in [2.05, 4.69) is 29.4 Å². The van der Waals surface area contributed by atoms with E-state index in [1.165, 1.54) is 0 Å². The molecule has 0 spiro atoms. The lowest BCUT2D eigenvalue weighted by molar-refractivity contribution is 0.257. The molecule has 0 fully saturated rings. The second-order valence-corrected chi connectivity index (χ2v) is 5.65. The quantitative estimate of drug-likeness (QED) is 0.850. The highest BCUT2D eigenvalue weighted by Gasteiger charge is 2.10. The van der Waals surface area contributed by atoms with Crippen LogP contribution in [0.15, 0.2) is 22.6 Å². The first-order chi connectivity index (χ1) is 10.1. The molecular weight excluding hydrogens is 290 g/mol. The molecule has 5 nitrogen and oxygen atoms in total. The van der Waals surface area contributed by atoms with E-state index < -0.39 is 0 Å². The van der Waals surface area contributed by atoms with Crippen LogP contribution >= 0.6 is 11.6 Å². The number of aromatic nitrogens is 2. The molecule has 1 aromatic carbocycles. The Morgan fingerprint density at radius 3 is 2.81 bits per heavy atom. The predicted molar refractivity (Wildman–Crippen MR) is 81.4 cm³/mol. The number of aryl methyl sites for hydroxylation is 1. The van der Waals surface area contributed by atoms with Crippen LogP contribution in [0.4, 0.5) is 0 Å². The third-order valence-electron chi connectivity index (χ3n) is 2.85. The Kier molecular flexibility index (Phi) is 5.59. The number of nitrogens with one attached hydrogen (secondary N) is 1. The summed E-state index contributed by atoms with van der Waals surface area (Å²) in [7, 11) is 0. The molecule has 0 saturated carbocycles. The lowest BCUT2D eigenvalue weighted by atomic mass is 10.1. The monoisotopic (exact) mass is 309 g/mol. The van der Waals surface area contributed by atoms with Gasteiger partial charge in [0, 0.05) is 24.1 Å². The van der Waals surface area contributed by atoms with Gasteiger partial charge in [0.2, 0.25) is 5.89 Å². The van der Waals surface area contributed by atoms with Crippen LogP contribution in [0.2, 0.25) is 5.02 Å². The van der Waals surface area contributed by atoms with Gasteiger partial charge in [0.1, 0.15) is 5.75 Å². The Labute approximate surface area is 129 Å². The molecule has 1 N–H and O–H groups in total. The number of hydrogen-bond acceptors (Lipinski definition) is 5. The predicted octanol–water partition coefficient (Wildman–Crippen LogP) is 3.36. The number of halogens is 1. The van der Waals surface area contributed by atoms with Crippen LogP contribution in [0.25, 0.3) is 0 Å². The minimum atomic E-state index is 0.234. The zero-order valence-electron chi connectivity index (χ0n) is 12.5. The zero-order chi connectivity index (χ0) is 15.2. The Morgan fingerprint density at radius 1 is 1.33 bits per heavy atom. The van der Waals surface area contributed by atoms with E-state index in [9.17, 15) is 0 Å². The maximum absolute atomic E-state index is 6.26. The average Bonchev–Trinajstić information content (AvgIpc) is 2.84. The van der Waals surface area contributed by atoms with Gasteiger partial charge >= 0.3 is 0 Å².